The van der Waals surface area contributed by atoms with Crippen LogP contribution in [0.4, 0.5) is 0 Å². The fraction of sp³-hybridized carbons (Fsp3) is 0.214. The lowest BCUT2D eigenvalue weighted by Gasteiger charge is -2.09. The Balaban J connectivity index is 2.26. The standard InChI is InChI=1S/C14H13BrN2O2/c1-9(2)19-12-5-10(6-16-8-12)14(18)13-4-3-11(15)7-17-13/h3-9H,1-2H3. The maximum atomic E-state index is 12.2. The Morgan fingerprint density at radius 1 is 1.26 bits per heavy atom. The Kier molecular flexibility index (Phi) is 4.27. The van der Waals surface area contributed by atoms with Crippen molar-refractivity contribution in [2.45, 2.75) is 20.0 Å². The van der Waals surface area contributed by atoms with Crippen molar-refractivity contribution in [1.82, 2.24) is 9.97 Å². The zero-order chi connectivity index (χ0) is 13.8. The highest BCUT2D eigenvalue weighted by molar-refractivity contribution is 9.10. The predicted octanol–water partition coefficient (Wildman–Crippen LogP) is 3.26. The fourth-order valence-corrected chi connectivity index (χ4v) is 1.77. The van der Waals surface area contributed by atoms with Gasteiger partial charge in [-0.05, 0) is 48.0 Å². The lowest BCUT2D eigenvalue weighted by atomic mass is 10.1. The molecule has 0 unspecified atom stereocenters. The number of pyridine rings is 2. The zero-order valence-electron chi connectivity index (χ0n) is 10.6. The lowest BCUT2D eigenvalue weighted by molar-refractivity contribution is 0.103. The monoisotopic (exact) mass is 320 g/mol. The van der Waals surface area contributed by atoms with Crippen molar-refractivity contribution in [2.75, 3.05) is 0 Å². The Labute approximate surface area is 120 Å². The van der Waals surface area contributed by atoms with Gasteiger partial charge in [-0.15, -0.1) is 0 Å². The Morgan fingerprint density at radius 2 is 2.05 bits per heavy atom. The zero-order valence-corrected chi connectivity index (χ0v) is 12.2. The normalized spacial score (nSPS) is 10.5. The Morgan fingerprint density at radius 3 is 2.68 bits per heavy atom. The number of ketones is 1. The first-order chi connectivity index (χ1) is 9.06. The molecule has 0 radical (unpaired) electrons. The molecule has 2 aromatic rings. The third-order valence-electron chi connectivity index (χ3n) is 2.31. The number of aromatic nitrogens is 2. The summed E-state index contributed by atoms with van der Waals surface area (Å²) >= 11 is 3.28. The molecule has 2 heterocycles. The van der Waals surface area contributed by atoms with Crippen LogP contribution in [0, 0.1) is 0 Å². The van der Waals surface area contributed by atoms with Gasteiger partial charge in [-0.3, -0.25) is 14.8 Å². The summed E-state index contributed by atoms with van der Waals surface area (Å²) in [4.78, 5) is 20.3. The number of carbonyl (C=O) groups is 1. The van der Waals surface area contributed by atoms with Crippen molar-refractivity contribution in [2.24, 2.45) is 0 Å². The maximum absolute atomic E-state index is 12.2. The van der Waals surface area contributed by atoms with Gasteiger partial charge in [0.05, 0.1) is 12.3 Å². The molecule has 4 nitrogen and oxygen atoms in total. The van der Waals surface area contributed by atoms with Crippen LogP contribution in [0.3, 0.4) is 0 Å². The van der Waals surface area contributed by atoms with Gasteiger partial charge in [0.1, 0.15) is 11.4 Å². The second-order valence-electron chi connectivity index (χ2n) is 4.27. The van der Waals surface area contributed by atoms with E-state index < -0.39 is 0 Å². The Bertz CT molecular complexity index is 582. The summed E-state index contributed by atoms with van der Waals surface area (Å²) in [6, 6.07) is 5.13. The molecule has 2 rings (SSSR count). The van der Waals surface area contributed by atoms with E-state index in [1.165, 1.54) is 6.20 Å². The molecule has 0 saturated heterocycles. The minimum atomic E-state index is -0.172. The van der Waals surface area contributed by atoms with E-state index in [1.54, 1.807) is 30.6 Å². The second-order valence-corrected chi connectivity index (χ2v) is 5.18. The molecule has 0 bridgehead atoms. The summed E-state index contributed by atoms with van der Waals surface area (Å²) in [6.07, 6.45) is 4.73. The molecule has 0 fully saturated rings. The summed E-state index contributed by atoms with van der Waals surface area (Å²) in [5, 5.41) is 0. The van der Waals surface area contributed by atoms with Crippen LogP contribution in [0.5, 0.6) is 5.75 Å². The van der Waals surface area contributed by atoms with Gasteiger partial charge in [-0.25, -0.2) is 0 Å². The van der Waals surface area contributed by atoms with E-state index in [-0.39, 0.29) is 11.9 Å². The average Bonchev–Trinajstić information content (AvgIpc) is 2.38. The fourth-order valence-electron chi connectivity index (χ4n) is 1.54. The molecule has 0 amide bonds. The van der Waals surface area contributed by atoms with Crippen molar-refractivity contribution in [3.05, 3.63) is 52.5 Å². The quantitative estimate of drug-likeness (QED) is 0.811. The van der Waals surface area contributed by atoms with Gasteiger partial charge in [-0.2, -0.15) is 0 Å². The van der Waals surface area contributed by atoms with Crippen LogP contribution in [-0.4, -0.2) is 21.9 Å². The smallest absolute Gasteiger partial charge is 0.213 e. The lowest BCUT2D eigenvalue weighted by Crippen LogP contribution is -2.08. The van der Waals surface area contributed by atoms with E-state index in [0.717, 1.165) is 4.47 Å². The van der Waals surface area contributed by atoms with Gasteiger partial charge < -0.3 is 4.74 Å². The van der Waals surface area contributed by atoms with Crippen LogP contribution in [0.1, 0.15) is 29.9 Å². The van der Waals surface area contributed by atoms with Crippen molar-refractivity contribution < 1.29 is 9.53 Å². The number of hydrogen-bond donors (Lipinski definition) is 0. The van der Waals surface area contributed by atoms with E-state index in [9.17, 15) is 4.79 Å². The highest BCUT2D eigenvalue weighted by Crippen LogP contribution is 2.16. The SMILES string of the molecule is CC(C)Oc1cncc(C(=O)c2ccc(Br)cn2)c1. The molecule has 0 saturated carbocycles. The van der Waals surface area contributed by atoms with Gasteiger partial charge in [-0.1, -0.05) is 0 Å². The van der Waals surface area contributed by atoms with Gasteiger partial charge in [0.2, 0.25) is 5.78 Å². The topological polar surface area (TPSA) is 52.1 Å². The summed E-state index contributed by atoms with van der Waals surface area (Å²) in [6.45, 7) is 3.84. The molecule has 0 aliphatic rings. The summed E-state index contributed by atoms with van der Waals surface area (Å²) in [5.41, 5.74) is 0.847. The molecule has 98 valence electrons. The van der Waals surface area contributed by atoms with Crippen molar-refractivity contribution in [3.8, 4) is 5.75 Å². The molecular weight excluding hydrogens is 308 g/mol. The number of halogens is 1. The largest absolute Gasteiger partial charge is 0.489 e. The number of ether oxygens (including phenoxy) is 1. The molecule has 0 atom stereocenters. The van der Waals surface area contributed by atoms with Gasteiger partial charge in [0.25, 0.3) is 0 Å². The molecule has 5 heteroatoms. The van der Waals surface area contributed by atoms with Crippen LogP contribution >= 0.6 is 15.9 Å². The average molecular weight is 321 g/mol. The van der Waals surface area contributed by atoms with E-state index >= 15 is 0 Å². The predicted molar refractivity (Wildman–Crippen MR) is 75.4 cm³/mol. The summed E-state index contributed by atoms with van der Waals surface area (Å²) in [5.74, 6) is 0.409. The molecule has 19 heavy (non-hydrogen) atoms. The highest BCUT2D eigenvalue weighted by atomic mass is 79.9. The van der Waals surface area contributed by atoms with Crippen LogP contribution in [0.25, 0.3) is 0 Å². The van der Waals surface area contributed by atoms with Gasteiger partial charge >= 0.3 is 0 Å². The molecule has 0 aliphatic carbocycles. The third-order valence-corrected chi connectivity index (χ3v) is 2.78. The van der Waals surface area contributed by atoms with E-state index in [0.29, 0.717) is 17.0 Å². The van der Waals surface area contributed by atoms with Crippen LogP contribution in [0.15, 0.2) is 41.3 Å². The molecule has 2 aromatic heterocycles. The second kappa shape index (κ2) is 5.93. The van der Waals surface area contributed by atoms with Crippen LogP contribution in [-0.2, 0) is 0 Å². The maximum Gasteiger partial charge on any atom is 0.213 e. The van der Waals surface area contributed by atoms with E-state index in [4.69, 9.17) is 4.74 Å². The third kappa shape index (κ3) is 3.61. The number of hydrogen-bond acceptors (Lipinski definition) is 4. The first-order valence-corrected chi connectivity index (χ1v) is 6.63. The minimum Gasteiger partial charge on any atom is -0.489 e. The van der Waals surface area contributed by atoms with Gasteiger partial charge in [0.15, 0.2) is 0 Å². The molecule has 0 N–H and O–H groups in total. The summed E-state index contributed by atoms with van der Waals surface area (Å²) in [7, 11) is 0. The van der Waals surface area contributed by atoms with Crippen LogP contribution in [0.2, 0.25) is 0 Å². The molecule has 0 spiro atoms. The number of rotatable bonds is 4. The van der Waals surface area contributed by atoms with Gasteiger partial charge in [0, 0.05) is 22.4 Å². The van der Waals surface area contributed by atoms with Crippen molar-refractivity contribution in [1.29, 1.82) is 0 Å². The minimum absolute atomic E-state index is 0.0398. The van der Waals surface area contributed by atoms with E-state index in [1.807, 2.05) is 13.8 Å². The summed E-state index contributed by atoms with van der Waals surface area (Å²) < 4.78 is 6.35. The number of carbonyl (C=O) groups excluding carboxylic acids is 1. The Hall–Kier alpha value is -1.75. The molecular formula is C14H13BrN2O2. The molecule has 0 aliphatic heterocycles. The highest BCUT2D eigenvalue weighted by Gasteiger charge is 2.12. The van der Waals surface area contributed by atoms with Crippen molar-refractivity contribution >= 4 is 21.7 Å². The van der Waals surface area contributed by atoms with Crippen molar-refractivity contribution in [3.63, 3.8) is 0 Å². The first kappa shape index (κ1) is 13.7. The first-order valence-electron chi connectivity index (χ1n) is 5.84. The molecule has 0 aromatic carbocycles. The number of nitrogens with zero attached hydrogens (tertiary/aromatic N) is 2. The van der Waals surface area contributed by atoms with E-state index in [2.05, 4.69) is 25.9 Å². The van der Waals surface area contributed by atoms with Crippen LogP contribution < -0.4 is 4.74 Å².